The fraction of sp³-hybridized carbons (Fsp3) is 0.194. The average molecular weight is 537 g/mol. The smallest absolute Gasteiger partial charge is 0.259 e. The summed E-state index contributed by atoms with van der Waals surface area (Å²) >= 11 is 1.62. The van der Waals surface area contributed by atoms with Crippen LogP contribution in [0.25, 0.3) is 33.2 Å². The Morgan fingerprint density at radius 2 is 2.00 bits per heavy atom. The number of hydrogen-bond donors (Lipinski definition) is 2. The number of H-pyrrole nitrogens is 1. The molecule has 8 heteroatoms. The number of aromatic nitrogens is 3. The molecule has 1 aromatic carbocycles. The number of allylic oxidation sites excluding steroid dienone is 3. The largest absolute Gasteiger partial charge is 0.340 e. The third-order valence-electron chi connectivity index (χ3n) is 5.92. The zero-order chi connectivity index (χ0) is 27.8. The summed E-state index contributed by atoms with van der Waals surface area (Å²) in [4.78, 5) is 33.6. The van der Waals surface area contributed by atoms with Crippen molar-refractivity contribution in [3.8, 4) is 11.3 Å². The van der Waals surface area contributed by atoms with E-state index in [0.29, 0.717) is 22.8 Å². The second-order valence-electron chi connectivity index (χ2n) is 8.66. The number of aliphatic imine (C=N–C) groups is 2. The van der Waals surface area contributed by atoms with Gasteiger partial charge in [-0.15, -0.1) is 11.3 Å². The number of aromatic amines is 1. The van der Waals surface area contributed by atoms with Gasteiger partial charge in [0.2, 0.25) is 0 Å². The fourth-order valence-corrected chi connectivity index (χ4v) is 4.90. The van der Waals surface area contributed by atoms with Crippen molar-refractivity contribution in [3.05, 3.63) is 94.0 Å². The third kappa shape index (κ3) is 6.35. The topological polar surface area (TPSA) is 95.4 Å². The van der Waals surface area contributed by atoms with Crippen LogP contribution in [-0.2, 0) is 0 Å². The Morgan fingerprint density at radius 1 is 1.21 bits per heavy atom. The summed E-state index contributed by atoms with van der Waals surface area (Å²) in [5, 5.41) is 7.61. The highest BCUT2D eigenvalue weighted by Gasteiger charge is 2.14. The van der Waals surface area contributed by atoms with E-state index in [1.807, 2.05) is 63.4 Å². The summed E-state index contributed by atoms with van der Waals surface area (Å²) in [6.45, 7) is 12.7. The Labute approximate surface area is 232 Å². The molecule has 0 bridgehead atoms. The van der Waals surface area contributed by atoms with Crippen LogP contribution in [0.2, 0.25) is 0 Å². The normalized spacial score (nSPS) is 15.1. The molecule has 0 spiro atoms. The predicted octanol–water partition coefficient (Wildman–Crippen LogP) is 7.54. The summed E-state index contributed by atoms with van der Waals surface area (Å²) in [6, 6.07) is 11.7. The first-order valence-corrected chi connectivity index (χ1v) is 13.8. The SMILES string of the molecule is C=C/C(=C\N=CC)c1cc2cc[nH]c(=O)c2c(Nc2ccc(-c3csc(C4=CC(C)CN=C4)n3)cc2)n1.CC. The number of nitrogens with zero attached hydrogens (tertiary/aromatic N) is 4. The molecule has 0 saturated heterocycles. The molecule has 1 unspecified atom stereocenters. The molecule has 3 aromatic heterocycles. The van der Waals surface area contributed by atoms with Gasteiger partial charge >= 0.3 is 0 Å². The number of dihydropyridines is 1. The van der Waals surface area contributed by atoms with E-state index in [9.17, 15) is 4.79 Å². The molecule has 4 aromatic rings. The van der Waals surface area contributed by atoms with E-state index in [1.165, 1.54) is 0 Å². The van der Waals surface area contributed by atoms with Crippen molar-refractivity contribution in [1.29, 1.82) is 0 Å². The van der Waals surface area contributed by atoms with Crippen molar-refractivity contribution in [3.63, 3.8) is 0 Å². The van der Waals surface area contributed by atoms with Crippen LogP contribution in [0, 0.1) is 5.92 Å². The number of anilines is 2. The van der Waals surface area contributed by atoms with E-state index in [4.69, 9.17) is 9.97 Å². The Hall–Kier alpha value is -4.43. The van der Waals surface area contributed by atoms with Crippen molar-refractivity contribution in [1.82, 2.24) is 15.0 Å². The average Bonchev–Trinajstić information content (AvgIpc) is 3.46. The summed E-state index contributed by atoms with van der Waals surface area (Å²) in [6.07, 6.45) is 10.9. The molecule has 39 heavy (non-hydrogen) atoms. The van der Waals surface area contributed by atoms with Crippen molar-refractivity contribution in [2.24, 2.45) is 15.9 Å². The van der Waals surface area contributed by atoms with E-state index in [1.54, 1.807) is 36.0 Å². The Balaban J connectivity index is 0.00000172. The standard InChI is InChI=1S/C29H26N6OS.C2H6/c1-4-19(15-30-5-2)24-13-21-10-11-32-28(36)26(21)27(34-24)33-23-8-6-20(7-9-23)25-17-37-29(35-25)22-12-18(3)14-31-16-22;1-2/h4-13,15-18H,1,14H2,2-3H3,(H,32,36)(H,33,34);1-2H3/b19-15+,30-5?;. The molecule has 7 nitrogen and oxygen atoms in total. The maximum Gasteiger partial charge on any atom is 0.259 e. The first-order valence-electron chi connectivity index (χ1n) is 12.9. The molecular formula is C31H32N6OS. The molecule has 0 amide bonds. The summed E-state index contributed by atoms with van der Waals surface area (Å²) in [5.74, 6) is 0.884. The van der Waals surface area contributed by atoms with E-state index >= 15 is 0 Å². The lowest BCUT2D eigenvalue weighted by Crippen LogP contribution is -2.09. The highest BCUT2D eigenvalue weighted by atomic mass is 32.1. The van der Waals surface area contributed by atoms with Crippen molar-refractivity contribution < 1.29 is 0 Å². The van der Waals surface area contributed by atoms with Crippen LogP contribution in [0.1, 0.15) is 38.4 Å². The van der Waals surface area contributed by atoms with Gasteiger partial charge in [-0.1, -0.05) is 51.6 Å². The number of pyridine rings is 2. The second kappa shape index (κ2) is 12.9. The minimum Gasteiger partial charge on any atom is -0.340 e. The van der Waals surface area contributed by atoms with Gasteiger partial charge in [0.15, 0.2) is 0 Å². The van der Waals surface area contributed by atoms with Crippen LogP contribution in [0.4, 0.5) is 11.5 Å². The van der Waals surface area contributed by atoms with Gasteiger partial charge in [0.05, 0.1) is 16.8 Å². The molecular weight excluding hydrogens is 504 g/mol. The van der Waals surface area contributed by atoms with Crippen LogP contribution in [0.5, 0.6) is 0 Å². The highest BCUT2D eigenvalue weighted by Crippen LogP contribution is 2.30. The maximum absolute atomic E-state index is 12.7. The van der Waals surface area contributed by atoms with Gasteiger partial charge in [-0.3, -0.25) is 14.8 Å². The lowest BCUT2D eigenvalue weighted by Gasteiger charge is -2.12. The fourth-order valence-electron chi connectivity index (χ4n) is 4.08. The zero-order valence-electron chi connectivity index (χ0n) is 22.6. The molecule has 5 rings (SSSR count). The molecule has 4 heterocycles. The highest BCUT2D eigenvalue weighted by molar-refractivity contribution is 7.11. The number of hydrogen-bond acceptors (Lipinski definition) is 7. The Kier molecular flexibility index (Phi) is 9.12. The number of thiazole rings is 1. The van der Waals surface area contributed by atoms with Crippen LogP contribution >= 0.6 is 11.3 Å². The second-order valence-corrected chi connectivity index (χ2v) is 9.51. The summed E-state index contributed by atoms with van der Waals surface area (Å²) < 4.78 is 0. The number of rotatable bonds is 7. The molecule has 2 N–H and O–H groups in total. The molecule has 0 saturated carbocycles. The first kappa shape index (κ1) is 27.6. The quantitative estimate of drug-likeness (QED) is 0.188. The van der Waals surface area contributed by atoms with Gasteiger partial charge in [0, 0.05) is 59.1 Å². The monoisotopic (exact) mass is 536 g/mol. The third-order valence-corrected chi connectivity index (χ3v) is 6.81. The molecule has 1 aliphatic heterocycles. The zero-order valence-corrected chi connectivity index (χ0v) is 23.4. The molecule has 1 atom stereocenters. The van der Waals surface area contributed by atoms with E-state index in [-0.39, 0.29) is 5.56 Å². The van der Waals surface area contributed by atoms with E-state index < -0.39 is 0 Å². The van der Waals surface area contributed by atoms with Gasteiger partial charge in [0.1, 0.15) is 10.8 Å². The van der Waals surface area contributed by atoms with Crippen molar-refractivity contribution in [2.75, 3.05) is 11.9 Å². The van der Waals surface area contributed by atoms with Crippen LogP contribution in [0.15, 0.2) is 87.7 Å². The number of nitrogens with one attached hydrogen (secondary N) is 2. The number of benzene rings is 1. The van der Waals surface area contributed by atoms with Gasteiger partial charge < -0.3 is 10.3 Å². The molecule has 0 aliphatic carbocycles. The first-order chi connectivity index (χ1) is 19.1. The lowest BCUT2D eigenvalue weighted by molar-refractivity contribution is 0.740. The lowest BCUT2D eigenvalue weighted by atomic mass is 10.1. The minimum atomic E-state index is -0.212. The maximum atomic E-state index is 12.7. The Bertz CT molecular complexity index is 1640. The van der Waals surface area contributed by atoms with Gasteiger partial charge in [-0.05, 0) is 42.5 Å². The molecule has 0 fully saturated rings. The summed E-state index contributed by atoms with van der Waals surface area (Å²) in [7, 11) is 0. The van der Waals surface area contributed by atoms with Crippen LogP contribution in [0.3, 0.4) is 0 Å². The number of fused-ring (bicyclic) bond motifs is 1. The van der Waals surface area contributed by atoms with Gasteiger partial charge in [-0.2, -0.15) is 0 Å². The van der Waals surface area contributed by atoms with Crippen molar-refractivity contribution >= 4 is 57.2 Å². The van der Waals surface area contributed by atoms with Gasteiger partial charge in [-0.25, -0.2) is 9.97 Å². The van der Waals surface area contributed by atoms with Crippen molar-refractivity contribution in [2.45, 2.75) is 27.7 Å². The Morgan fingerprint density at radius 3 is 2.72 bits per heavy atom. The van der Waals surface area contributed by atoms with E-state index in [2.05, 4.69) is 45.2 Å². The van der Waals surface area contributed by atoms with Crippen LogP contribution < -0.4 is 10.9 Å². The molecule has 198 valence electrons. The van der Waals surface area contributed by atoms with Gasteiger partial charge in [0.25, 0.3) is 5.56 Å². The molecule has 1 aliphatic rings. The molecule has 0 radical (unpaired) electrons. The van der Waals surface area contributed by atoms with E-state index in [0.717, 1.165) is 45.0 Å². The summed E-state index contributed by atoms with van der Waals surface area (Å²) in [5.41, 5.74) is 5.02. The minimum absolute atomic E-state index is 0.212. The van der Waals surface area contributed by atoms with Crippen LogP contribution in [-0.4, -0.2) is 33.9 Å². The predicted molar refractivity (Wildman–Crippen MR) is 167 cm³/mol.